The molecule has 1 nitrogen and oxygen atoms in total. The van der Waals surface area contributed by atoms with Gasteiger partial charge >= 0.3 is 0 Å². The van der Waals surface area contributed by atoms with Crippen molar-refractivity contribution in [3.63, 3.8) is 0 Å². The molecule has 1 N–H and O–H groups in total. The van der Waals surface area contributed by atoms with Gasteiger partial charge < -0.3 is 5.32 Å². The van der Waals surface area contributed by atoms with E-state index in [4.69, 9.17) is 23.2 Å². The van der Waals surface area contributed by atoms with E-state index in [0.717, 1.165) is 28.9 Å². The molecule has 94 valence electrons. The molecular weight excluding hydrogens is 293 g/mol. The van der Waals surface area contributed by atoms with Crippen LogP contribution in [0, 0.1) is 0 Å². The molecule has 17 heavy (non-hydrogen) atoms. The lowest BCUT2D eigenvalue weighted by atomic mass is 10.2. The molecule has 0 aromatic heterocycles. The molecule has 0 radical (unpaired) electrons. The third-order valence-corrected chi connectivity index (χ3v) is 6.02. The van der Waals surface area contributed by atoms with Gasteiger partial charge in [0.25, 0.3) is 0 Å². The summed E-state index contributed by atoms with van der Waals surface area (Å²) >= 11 is 16.1. The van der Waals surface area contributed by atoms with E-state index in [1.165, 1.54) is 17.3 Å². The summed E-state index contributed by atoms with van der Waals surface area (Å²) in [5.41, 5.74) is 1.12. The number of halogens is 2. The molecule has 1 aliphatic heterocycles. The summed E-state index contributed by atoms with van der Waals surface area (Å²) in [5.74, 6) is 3.83. The van der Waals surface area contributed by atoms with E-state index in [9.17, 15) is 0 Å². The molecule has 1 saturated heterocycles. The Morgan fingerprint density at radius 2 is 2.18 bits per heavy atom. The zero-order chi connectivity index (χ0) is 12.1. The average molecular weight is 308 g/mol. The maximum absolute atomic E-state index is 6.12. The minimum atomic E-state index is 0.693. The highest BCUT2D eigenvalue weighted by Gasteiger charge is 2.13. The molecule has 1 heterocycles. The number of hydrogen-bond acceptors (Lipinski definition) is 3. The molecule has 0 saturated carbocycles. The third-order valence-electron chi connectivity index (χ3n) is 2.59. The summed E-state index contributed by atoms with van der Waals surface area (Å²) in [4.78, 5) is 0. The summed E-state index contributed by atoms with van der Waals surface area (Å²) in [5, 5.41) is 5.64. The van der Waals surface area contributed by atoms with Gasteiger partial charge in [0.2, 0.25) is 0 Å². The largest absolute Gasteiger partial charge is 0.311 e. The van der Waals surface area contributed by atoms with Crippen LogP contribution in [0.5, 0.6) is 0 Å². The van der Waals surface area contributed by atoms with Gasteiger partial charge in [0.05, 0.1) is 0 Å². The lowest BCUT2D eigenvalue weighted by Crippen LogP contribution is -2.28. The van der Waals surface area contributed by atoms with E-state index in [0.29, 0.717) is 5.02 Å². The first-order valence-corrected chi connectivity index (χ1v) is 8.55. The van der Waals surface area contributed by atoms with Crippen molar-refractivity contribution in [2.75, 3.05) is 23.8 Å². The molecule has 1 unspecified atom stereocenters. The van der Waals surface area contributed by atoms with Crippen molar-refractivity contribution < 1.29 is 0 Å². The van der Waals surface area contributed by atoms with Crippen LogP contribution in [0.2, 0.25) is 10.0 Å². The molecule has 0 bridgehead atoms. The van der Waals surface area contributed by atoms with Crippen LogP contribution < -0.4 is 5.32 Å². The Labute approximate surface area is 121 Å². The fraction of sp³-hybridized carbons (Fsp3) is 0.500. The Morgan fingerprint density at radius 1 is 1.29 bits per heavy atom. The fourth-order valence-corrected chi connectivity index (χ4v) is 4.81. The van der Waals surface area contributed by atoms with Crippen LogP contribution in [-0.4, -0.2) is 29.1 Å². The van der Waals surface area contributed by atoms with Crippen LogP contribution in [0.4, 0.5) is 0 Å². The molecule has 0 aliphatic carbocycles. The van der Waals surface area contributed by atoms with Crippen LogP contribution in [0.25, 0.3) is 0 Å². The zero-order valence-electron chi connectivity index (χ0n) is 9.42. The molecule has 2 rings (SSSR count). The fourth-order valence-electron chi connectivity index (χ4n) is 1.69. The number of nitrogens with one attached hydrogen (secondary N) is 1. The van der Waals surface area contributed by atoms with E-state index >= 15 is 0 Å². The Balaban J connectivity index is 1.77. The van der Waals surface area contributed by atoms with Crippen LogP contribution in [0.15, 0.2) is 18.2 Å². The standard InChI is InChI=1S/C12H15Cl2NS2/c13-10-2-1-9(12(14)5-10)6-15-7-11-8-16-3-4-17-11/h1-2,5,11,15H,3-4,6-8H2. The summed E-state index contributed by atoms with van der Waals surface area (Å²) in [6, 6.07) is 5.67. The first-order chi connectivity index (χ1) is 8.25. The van der Waals surface area contributed by atoms with Gasteiger partial charge in [-0.2, -0.15) is 23.5 Å². The lowest BCUT2D eigenvalue weighted by Gasteiger charge is -2.21. The molecule has 1 aliphatic rings. The van der Waals surface area contributed by atoms with Gasteiger partial charge in [0.15, 0.2) is 0 Å². The normalized spacial score (nSPS) is 20.5. The highest BCUT2D eigenvalue weighted by molar-refractivity contribution is 8.06. The van der Waals surface area contributed by atoms with Crippen LogP contribution >= 0.6 is 46.7 Å². The number of rotatable bonds is 4. The molecule has 1 fully saturated rings. The molecule has 0 spiro atoms. The van der Waals surface area contributed by atoms with Crippen molar-refractivity contribution in [2.45, 2.75) is 11.8 Å². The molecule has 5 heteroatoms. The number of benzene rings is 1. The zero-order valence-corrected chi connectivity index (χ0v) is 12.6. The van der Waals surface area contributed by atoms with Gasteiger partial charge in [-0.3, -0.25) is 0 Å². The smallest absolute Gasteiger partial charge is 0.0465 e. The van der Waals surface area contributed by atoms with Crippen molar-refractivity contribution in [3.8, 4) is 0 Å². The van der Waals surface area contributed by atoms with Crippen molar-refractivity contribution in [3.05, 3.63) is 33.8 Å². The van der Waals surface area contributed by atoms with Gasteiger partial charge in [-0.05, 0) is 17.7 Å². The minimum Gasteiger partial charge on any atom is -0.311 e. The second kappa shape index (κ2) is 7.15. The van der Waals surface area contributed by atoms with Gasteiger partial charge in [-0.15, -0.1) is 0 Å². The molecule has 1 atom stereocenters. The van der Waals surface area contributed by atoms with Crippen molar-refractivity contribution in [1.82, 2.24) is 5.32 Å². The lowest BCUT2D eigenvalue weighted by molar-refractivity contribution is 0.686. The summed E-state index contributed by atoms with van der Waals surface area (Å²) in [6.45, 7) is 1.87. The molecule has 0 amide bonds. The first kappa shape index (κ1) is 13.9. The Bertz CT molecular complexity index is 368. The van der Waals surface area contributed by atoms with Gasteiger partial charge in [-0.1, -0.05) is 29.3 Å². The molecule has 1 aromatic carbocycles. The highest BCUT2D eigenvalue weighted by atomic mass is 35.5. The summed E-state index contributed by atoms with van der Waals surface area (Å²) < 4.78 is 0. The minimum absolute atomic E-state index is 0.693. The van der Waals surface area contributed by atoms with Crippen LogP contribution in [0.1, 0.15) is 5.56 Å². The van der Waals surface area contributed by atoms with Gasteiger partial charge in [0.1, 0.15) is 0 Å². The molecular formula is C12H15Cl2NS2. The Morgan fingerprint density at radius 3 is 2.88 bits per heavy atom. The van der Waals surface area contributed by atoms with Crippen LogP contribution in [-0.2, 0) is 6.54 Å². The first-order valence-electron chi connectivity index (χ1n) is 5.59. The predicted octanol–water partition coefficient (Wildman–Crippen LogP) is 3.93. The second-order valence-electron chi connectivity index (χ2n) is 3.93. The van der Waals surface area contributed by atoms with Crippen molar-refractivity contribution in [2.24, 2.45) is 0 Å². The number of hydrogen-bond donors (Lipinski definition) is 1. The maximum atomic E-state index is 6.12. The van der Waals surface area contributed by atoms with E-state index in [2.05, 4.69) is 28.8 Å². The van der Waals surface area contributed by atoms with Crippen molar-refractivity contribution in [1.29, 1.82) is 0 Å². The summed E-state index contributed by atoms with van der Waals surface area (Å²) in [6.07, 6.45) is 0. The molecule has 1 aromatic rings. The second-order valence-corrected chi connectivity index (χ2v) is 7.34. The average Bonchev–Trinajstić information content (AvgIpc) is 2.33. The monoisotopic (exact) mass is 307 g/mol. The SMILES string of the molecule is Clc1ccc(CNCC2CSCCS2)c(Cl)c1. The van der Waals surface area contributed by atoms with E-state index in [1.54, 1.807) is 6.07 Å². The topological polar surface area (TPSA) is 12.0 Å². The van der Waals surface area contributed by atoms with Gasteiger partial charge in [0, 0.05) is 45.6 Å². The van der Waals surface area contributed by atoms with Crippen LogP contribution in [0.3, 0.4) is 0 Å². The van der Waals surface area contributed by atoms with Crippen molar-refractivity contribution >= 4 is 46.7 Å². The highest BCUT2D eigenvalue weighted by Crippen LogP contribution is 2.24. The quantitative estimate of drug-likeness (QED) is 0.905. The van der Waals surface area contributed by atoms with Gasteiger partial charge in [-0.25, -0.2) is 0 Å². The Kier molecular flexibility index (Phi) is 5.84. The van der Waals surface area contributed by atoms with E-state index in [-0.39, 0.29) is 0 Å². The summed E-state index contributed by atoms with van der Waals surface area (Å²) in [7, 11) is 0. The van der Waals surface area contributed by atoms with E-state index < -0.39 is 0 Å². The number of thioether (sulfide) groups is 2. The van der Waals surface area contributed by atoms with E-state index in [1.807, 2.05) is 12.1 Å². The third kappa shape index (κ3) is 4.56. The maximum Gasteiger partial charge on any atom is 0.0465 e. The Hall–Kier alpha value is 0.460. The predicted molar refractivity (Wildman–Crippen MR) is 81.7 cm³/mol.